The van der Waals surface area contributed by atoms with Crippen LogP contribution in [0, 0.1) is 17.0 Å². The third-order valence-electron chi connectivity index (χ3n) is 6.36. The predicted molar refractivity (Wildman–Crippen MR) is 118 cm³/mol. The Morgan fingerprint density at radius 3 is 2.58 bits per heavy atom. The van der Waals surface area contributed by atoms with Gasteiger partial charge in [-0.2, -0.15) is 0 Å². The number of likely N-dealkylation sites (tertiary alicyclic amines) is 1. The van der Waals surface area contributed by atoms with Crippen LogP contribution in [-0.2, 0) is 0 Å². The first kappa shape index (κ1) is 20.0. The van der Waals surface area contributed by atoms with Gasteiger partial charge in [0.05, 0.1) is 10.5 Å². The van der Waals surface area contributed by atoms with Crippen LogP contribution in [0.4, 0.5) is 25.0 Å². The van der Waals surface area contributed by atoms with E-state index in [-0.39, 0.29) is 22.3 Å². The summed E-state index contributed by atoms with van der Waals surface area (Å²) in [6, 6.07) is 10.6. The van der Waals surface area contributed by atoms with Crippen molar-refractivity contribution in [2.24, 2.45) is 5.41 Å². The summed E-state index contributed by atoms with van der Waals surface area (Å²) >= 11 is 5.69. The van der Waals surface area contributed by atoms with Crippen LogP contribution in [0.15, 0.2) is 48.7 Å². The summed E-state index contributed by atoms with van der Waals surface area (Å²) in [6.07, 6.45) is 3.54. The standard InChI is InChI=1S/C23H21ClF2N4O/c24-18-3-2-16(12-19(18)26)28-22(31)29-9-6-23(7-10-29)13-30(14-23)21-5-8-27-20-4-1-15(25)11-17(20)21/h1-5,8,11-12H,6-7,9-10,13-14H2,(H,28,31). The second-order valence-electron chi connectivity index (χ2n) is 8.39. The van der Waals surface area contributed by atoms with Crippen LogP contribution in [0.5, 0.6) is 0 Å². The van der Waals surface area contributed by atoms with Gasteiger partial charge in [-0.3, -0.25) is 4.98 Å². The van der Waals surface area contributed by atoms with Crippen molar-refractivity contribution in [1.82, 2.24) is 9.88 Å². The number of nitrogens with zero attached hydrogens (tertiary/aromatic N) is 3. The molecule has 3 heterocycles. The topological polar surface area (TPSA) is 48.5 Å². The number of nitrogens with one attached hydrogen (secondary N) is 1. The minimum absolute atomic E-state index is 0.0252. The molecule has 31 heavy (non-hydrogen) atoms. The van der Waals surface area contributed by atoms with Crippen LogP contribution < -0.4 is 10.2 Å². The Balaban J connectivity index is 1.21. The molecule has 3 aromatic rings. The Morgan fingerprint density at radius 1 is 1.06 bits per heavy atom. The average Bonchev–Trinajstić information content (AvgIpc) is 2.74. The zero-order chi connectivity index (χ0) is 21.6. The number of carbonyl (C=O) groups excluding carboxylic acids is 1. The Morgan fingerprint density at radius 2 is 1.84 bits per heavy atom. The molecule has 2 saturated heterocycles. The van der Waals surface area contributed by atoms with E-state index in [2.05, 4.69) is 15.2 Å². The lowest BCUT2D eigenvalue weighted by Gasteiger charge is -2.55. The van der Waals surface area contributed by atoms with Crippen molar-refractivity contribution in [2.45, 2.75) is 12.8 Å². The van der Waals surface area contributed by atoms with Crippen LogP contribution >= 0.6 is 11.6 Å². The second kappa shape index (κ2) is 7.64. The van der Waals surface area contributed by atoms with E-state index in [0.717, 1.165) is 42.5 Å². The molecule has 160 valence electrons. The Kier molecular flexibility index (Phi) is 4.93. The largest absolute Gasteiger partial charge is 0.370 e. The second-order valence-corrected chi connectivity index (χ2v) is 8.80. The molecule has 2 aliphatic heterocycles. The van der Waals surface area contributed by atoms with Crippen LogP contribution in [0.3, 0.4) is 0 Å². The van der Waals surface area contributed by atoms with E-state index in [9.17, 15) is 13.6 Å². The van der Waals surface area contributed by atoms with Crippen LogP contribution in [0.1, 0.15) is 12.8 Å². The van der Waals surface area contributed by atoms with Gasteiger partial charge in [-0.25, -0.2) is 13.6 Å². The van der Waals surface area contributed by atoms with Gasteiger partial charge < -0.3 is 15.1 Å². The molecule has 0 bridgehead atoms. The maximum atomic E-state index is 13.7. The first-order valence-electron chi connectivity index (χ1n) is 10.2. The molecule has 0 radical (unpaired) electrons. The molecule has 2 aromatic carbocycles. The summed E-state index contributed by atoms with van der Waals surface area (Å²) in [4.78, 5) is 20.9. The van der Waals surface area contributed by atoms with Crippen molar-refractivity contribution < 1.29 is 13.6 Å². The van der Waals surface area contributed by atoms with E-state index in [1.165, 1.54) is 24.3 Å². The van der Waals surface area contributed by atoms with Crippen molar-refractivity contribution in [3.05, 3.63) is 65.3 Å². The van der Waals surface area contributed by atoms with Crippen molar-refractivity contribution in [1.29, 1.82) is 0 Å². The van der Waals surface area contributed by atoms with Crippen molar-refractivity contribution in [3.63, 3.8) is 0 Å². The highest BCUT2D eigenvalue weighted by Gasteiger charge is 2.45. The zero-order valence-electron chi connectivity index (χ0n) is 16.7. The fourth-order valence-corrected chi connectivity index (χ4v) is 4.71. The lowest BCUT2D eigenvalue weighted by atomic mass is 9.71. The van der Waals surface area contributed by atoms with Gasteiger partial charge in [0.2, 0.25) is 0 Å². The first-order valence-corrected chi connectivity index (χ1v) is 10.6. The summed E-state index contributed by atoms with van der Waals surface area (Å²) in [5, 5.41) is 3.59. The Labute approximate surface area is 183 Å². The quantitative estimate of drug-likeness (QED) is 0.585. The molecule has 0 aliphatic carbocycles. The molecule has 2 fully saturated rings. The van der Waals surface area contributed by atoms with Gasteiger partial charge >= 0.3 is 6.03 Å². The van der Waals surface area contributed by atoms with Gasteiger partial charge in [0.15, 0.2) is 0 Å². The van der Waals surface area contributed by atoms with E-state index in [4.69, 9.17) is 11.6 Å². The fourth-order valence-electron chi connectivity index (χ4n) is 4.59. The molecule has 0 unspecified atom stereocenters. The summed E-state index contributed by atoms with van der Waals surface area (Å²) in [7, 11) is 0. The highest BCUT2D eigenvalue weighted by molar-refractivity contribution is 6.30. The van der Waals surface area contributed by atoms with Gasteiger partial charge in [0.25, 0.3) is 0 Å². The Hall–Kier alpha value is -2.93. The molecule has 1 aromatic heterocycles. The van der Waals surface area contributed by atoms with Gasteiger partial charge in [0, 0.05) is 54.6 Å². The number of fused-ring (bicyclic) bond motifs is 1. The first-order chi connectivity index (χ1) is 14.9. The number of anilines is 2. The number of benzene rings is 2. The number of piperidine rings is 1. The number of rotatable bonds is 2. The van der Waals surface area contributed by atoms with E-state index < -0.39 is 5.82 Å². The molecule has 5 rings (SSSR count). The summed E-state index contributed by atoms with van der Waals surface area (Å²) in [5.41, 5.74) is 2.33. The molecule has 1 N–H and O–H groups in total. The summed E-state index contributed by atoms with van der Waals surface area (Å²) in [5.74, 6) is -0.827. The van der Waals surface area contributed by atoms with Gasteiger partial charge in [0.1, 0.15) is 11.6 Å². The normalized spacial score (nSPS) is 17.6. The van der Waals surface area contributed by atoms with Crippen LogP contribution in [-0.4, -0.2) is 42.1 Å². The molecule has 8 heteroatoms. The van der Waals surface area contributed by atoms with Gasteiger partial charge in [-0.1, -0.05) is 11.6 Å². The maximum absolute atomic E-state index is 13.7. The highest BCUT2D eigenvalue weighted by Crippen LogP contribution is 2.44. The minimum atomic E-state index is -0.560. The van der Waals surface area contributed by atoms with E-state index in [1.54, 1.807) is 23.2 Å². The van der Waals surface area contributed by atoms with E-state index in [0.29, 0.717) is 18.8 Å². The highest BCUT2D eigenvalue weighted by atomic mass is 35.5. The molecule has 5 nitrogen and oxygen atoms in total. The summed E-state index contributed by atoms with van der Waals surface area (Å²) < 4.78 is 27.3. The van der Waals surface area contributed by atoms with Crippen molar-refractivity contribution in [3.8, 4) is 0 Å². The minimum Gasteiger partial charge on any atom is -0.370 e. The molecule has 0 saturated carbocycles. The zero-order valence-corrected chi connectivity index (χ0v) is 17.5. The molecule has 0 atom stereocenters. The lowest BCUT2D eigenvalue weighted by molar-refractivity contribution is 0.0945. The number of amides is 2. The van der Waals surface area contributed by atoms with Crippen LogP contribution in [0.2, 0.25) is 5.02 Å². The monoisotopic (exact) mass is 442 g/mol. The number of carbonyl (C=O) groups is 1. The summed E-state index contributed by atoms with van der Waals surface area (Å²) in [6.45, 7) is 3.03. The van der Waals surface area contributed by atoms with Crippen LogP contribution in [0.25, 0.3) is 10.9 Å². The van der Waals surface area contributed by atoms with Gasteiger partial charge in [-0.15, -0.1) is 0 Å². The number of pyridine rings is 1. The fraction of sp³-hybridized carbons (Fsp3) is 0.304. The lowest BCUT2D eigenvalue weighted by Crippen LogP contribution is -2.61. The number of aromatic nitrogens is 1. The molecular weight excluding hydrogens is 422 g/mol. The van der Waals surface area contributed by atoms with E-state index >= 15 is 0 Å². The third kappa shape index (κ3) is 3.78. The van der Waals surface area contributed by atoms with Gasteiger partial charge in [-0.05, 0) is 55.3 Å². The Bertz CT molecular complexity index is 1160. The number of urea groups is 1. The maximum Gasteiger partial charge on any atom is 0.321 e. The van der Waals surface area contributed by atoms with E-state index in [1.807, 2.05) is 6.07 Å². The predicted octanol–water partition coefficient (Wildman–Crippen LogP) is 5.30. The molecule has 2 aliphatic rings. The average molecular weight is 443 g/mol. The molecule has 2 amide bonds. The SMILES string of the molecule is O=C(Nc1ccc(Cl)c(F)c1)N1CCC2(CC1)CN(c1ccnc3ccc(F)cc13)C2. The van der Waals surface area contributed by atoms with Crippen molar-refractivity contribution in [2.75, 3.05) is 36.4 Å². The number of hydrogen-bond acceptors (Lipinski definition) is 3. The number of halogens is 3. The molecular formula is C23H21ClF2N4O. The molecule has 1 spiro atoms. The van der Waals surface area contributed by atoms with Crippen molar-refractivity contribution >= 4 is 39.9 Å². The third-order valence-corrected chi connectivity index (χ3v) is 6.66. The smallest absolute Gasteiger partial charge is 0.321 e. The number of hydrogen-bond donors (Lipinski definition) is 1.